The minimum absolute atomic E-state index is 0.235. The van der Waals surface area contributed by atoms with Crippen LogP contribution in [0.2, 0.25) is 0 Å². The molecule has 0 radical (unpaired) electrons. The fourth-order valence-corrected chi connectivity index (χ4v) is 1.67. The zero-order chi connectivity index (χ0) is 9.14. The second-order valence-corrected chi connectivity index (χ2v) is 3.37. The van der Waals surface area contributed by atoms with Gasteiger partial charge in [-0.2, -0.15) is 0 Å². The van der Waals surface area contributed by atoms with Gasteiger partial charge in [-0.1, -0.05) is 6.07 Å². The Kier molecular flexibility index (Phi) is 3.12. The van der Waals surface area contributed by atoms with E-state index in [0.29, 0.717) is 11.1 Å². The first-order valence-corrected chi connectivity index (χ1v) is 4.86. The molecular formula is C9H11FOS. The Morgan fingerprint density at radius 2 is 2.17 bits per heavy atom. The number of hydrogen-bond acceptors (Lipinski definition) is 2. The number of aliphatic hydroxyl groups excluding tert-OH is 1. The van der Waals surface area contributed by atoms with Crippen molar-refractivity contribution in [3.63, 3.8) is 0 Å². The summed E-state index contributed by atoms with van der Waals surface area (Å²) in [6, 6.07) is 3.45. The Balaban J connectivity index is 3.20. The van der Waals surface area contributed by atoms with E-state index in [1.54, 1.807) is 13.0 Å². The zero-order valence-electron chi connectivity index (χ0n) is 7.10. The van der Waals surface area contributed by atoms with Gasteiger partial charge in [-0.15, -0.1) is 11.8 Å². The van der Waals surface area contributed by atoms with Gasteiger partial charge >= 0.3 is 0 Å². The van der Waals surface area contributed by atoms with E-state index in [0.717, 1.165) is 4.90 Å². The highest BCUT2D eigenvalue weighted by Gasteiger charge is 2.07. The van der Waals surface area contributed by atoms with Crippen LogP contribution in [0.15, 0.2) is 17.0 Å². The molecule has 1 rings (SSSR count). The third-order valence-electron chi connectivity index (χ3n) is 1.81. The van der Waals surface area contributed by atoms with Crippen LogP contribution in [0.4, 0.5) is 4.39 Å². The highest BCUT2D eigenvalue weighted by atomic mass is 32.2. The second kappa shape index (κ2) is 3.92. The number of halogens is 1. The molecule has 1 aromatic carbocycles. The van der Waals surface area contributed by atoms with Gasteiger partial charge in [-0.05, 0) is 24.8 Å². The van der Waals surface area contributed by atoms with Crippen LogP contribution in [0.5, 0.6) is 0 Å². The topological polar surface area (TPSA) is 20.2 Å². The number of thioether (sulfide) groups is 1. The summed E-state index contributed by atoms with van der Waals surface area (Å²) in [5.41, 5.74) is 0.986. The minimum atomic E-state index is -0.288. The van der Waals surface area contributed by atoms with Crippen LogP contribution in [-0.2, 0) is 6.61 Å². The quantitative estimate of drug-likeness (QED) is 0.715. The SMILES string of the molecule is CSc1ccc(CO)c(F)c1C. The van der Waals surface area contributed by atoms with Gasteiger partial charge < -0.3 is 5.11 Å². The summed E-state index contributed by atoms with van der Waals surface area (Å²) in [5.74, 6) is -0.288. The van der Waals surface area contributed by atoms with Crippen molar-refractivity contribution in [3.05, 3.63) is 29.1 Å². The van der Waals surface area contributed by atoms with E-state index >= 15 is 0 Å². The first-order chi connectivity index (χ1) is 5.70. The number of benzene rings is 1. The van der Waals surface area contributed by atoms with Crippen molar-refractivity contribution in [1.29, 1.82) is 0 Å². The van der Waals surface area contributed by atoms with Crippen LogP contribution in [0, 0.1) is 12.7 Å². The highest BCUT2D eigenvalue weighted by Crippen LogP contribution is 2.24. The van der Waals surface area contributed by atoms with Crippen molar-refractivity contribution in [2.24, 2.45) is 0 Å². The first-order valence-electron chi connectivity index (χ1n) is 3.63. The number of aliphatic hydroxyl groups is 1. The predicted molar refractivity (Wildman–Crippen MR) is 48.8 cm³/mol. The molecule has 12 heavy (non-hydrogen) atoms. The third kappa shape index (κ3) is 1.62. The standard InChI is InChI=1S/C9H11FOS/c1-6-8(12-2)4-3-7(5-11)9(6)10/h3-4,11H,5H2,1-2H3. The molecule has 0 aromatic heterocycles. The average Bonchev–Trinajstić information content (AvgIpc) is 2.10. The summed E-state index contributed by atoms with van der Waals surface area (Å²) >= 11 is 1.51. The lowest BCUT2D eigenvalue weighted by Crippen LogP contribution is -1.94. The van der Waals surface area contributed by atoms with Gasteiger partial charge in [0.05, 0.1) is 6.61 Å². The molecule has 0 aliphatic heterocycles. The minimum Gasteiger partial charge on any atom is -0.392 e. The van der Waals surface area contributed by atoms with Gasteiger partial charge in [0.1, 0.15) is 5.82 Å². The van der Waals surface area contributed by atoms with E-state index in [9.17, 15) is 4.39 Å². The van der Waals surface area contributed by atoms with E-state index in [1.807, 2.05) is 12.3 Å². The number of hydrogen-bond donors (Lipinski definition) is 1. The summed E-state index contributed by atoms with van der Waals surface area (Å²) in [7, 11) is 0. The average molecular weight is 186 g/mol. The van der Waals surface area contributed by atoms with E-state index in [4.69, 9.17) is 5.11 Å². The molecule has 1 nitrogen and oxygen atoms in total. The highest BCUT2D eigenvalue weighted by molar-refractivity contribution is 7.98. The molecule has 0 saturated heterocycles. The molecule has 0 unspecified atom stereocenters. The fraction of sp³-hybridized carbons (Fsp3) is 0.333. The van der Waals surface area contributed by atoms with E-state index in [1.165, 1.54) is 11.8 Å². The molecule has 3 heteroatoms. The van der Waals surface area contributed by atoms with Crippen molar-refractivity contribution in [1.82, 2.24) is 0 Å². The Morgan fingerprint density at radius 3 is 2.67 bits per heavy atom. The van der Waals surface area contributed by atoms with Crippen molar-refractivity contribution in [2.45, 2.75) is 18.4 Å². The van der Waals surface area contributed by atoms with Gasteiger partial charge in [0.15, 0.2) is 0 Å². The lowest BCUT2D eigenvalue weighted by Gasteiger charge is -2.06. The molecule has 66 valence electrons. The third-order valence-corrected chi connectivity index (χ3v) is 2.69. The summed E-state index contributed by atoms with van der Waals surface area (Å²) < 4.78 is 13.3. The van der Waals surface area contributed by atoms with E-state index in [-0.39, 0.29) is 12.4 Å². The molecule has 0 fully saturated rings. The second-order valence-electron chi connectivity index (χ2n) is 2.52. The summed E-state index contributed by atoms with van der Waals surface area (Å²) in [6.07, 6.45) is 1.90. The van der Waals surface area contributed by atoms with Crippen molar-refractivity contribution in [3.8, 4) is 0 Å². The summed E-state index contributed by atoms with van der Waals surface area (Å²) in [5, 5.41) is 8.76. The molecule has 0 spiro atoms. The lowest BCUT2D eigenvalue weighted by molar-refractivity contribution is 0.275. The normalized spacial score (nSPS) is 10.3. The monoisotopic (exact) mass is 186 g/mol. The fourth-order valence-electron chi connectivity index (χ4n) is 1.07. The number of rotatable bonds is 2. The molecular weight excluding hydrogens is 175 g/mol. The van der Waals surface area contributed by atoms with Crippen LogP contribution >= 0.6 is 11.8 Å². The smallest absolute Gasteiger partial charge is 0.132 e. The van der Waals surface area contributed by atoms with Gasteiger partial charge in [-0.3, -0.25) is 0 Å². The van der Waals surface area contributed by atoms with Crippen molar-refractivity contribution in [2.75, 3.05) is 6.26 Å². The molecule has 0 saturated carbocycles. The molecule has 0 aliphatic rings. The Labute approximate surface area is 75.6 Å². The molecule has 1 N–H and O–H groups in total. The van der Waals surface area contributed by atoms with E-state index in [2.05, 4.69) is 0 Å². The van der Waals surface area contributed by atoms with Crippen molar-refractivity contribution < 1.29 is 9.50 Å². The maximum Gasteiger partial charge on any atom is 0.132 e. The first kappa shape index (κ1) is 9.55. The Morgan fingerprint density at radius 1 is 1.50 bits per heavy atom. The van der Waals surface area contributed by atoms with Gasteiger partial charge in [0, 0.05) is 10.5 Å². The zero-order valence-corrected chi connectivity index (χ0v) is 7.91. The Bertz CT molecular complexity index is 257. The lowest BCUT2D eigenvalue weighted by atomic mass is 10.1. The molecule has 0 atom stereocenters. The van der Waals surface area contributed by atoms with Gasteiger partial charge in [0.25, 0.3) is 0 Å². The van der Waals surface area contributed by atoms with Crippen molar-refractivity contribution >= 4 is 11.8 Å². The van der Waals surface area contributed by atoms with Gasteiger partial charge in [-0.25, -0.2) is 4.39 Å². The Hall–Kier alpha value is -0.540. The summed E-state index contributed by atoms with van der Waals surface area (Å²) in [4.78, 5) is 0.921. The predicted octanol–water partition coefficient (Wildman–Crippen LogP) is 2.35. The molecule has 0 heterocycles. The maximum absolute atomic E-state index is 13.3. The molecule has 0 aliphatic carbocycles. The summed E-state index contributed by atoms with van der Waals surface area (Å²) in [6.45, 7) is 1.49. The molecule has 1 aromatic rings. The molecule has 0 bridgehead atoms. The van der Waals surface area contributed by atoms with Crippen LogP contribution in [0.25, 0.3) is 0 Å². The van der Waals surface area contributed by atoms with Crippen LogP contribution in [0.3, 0.4) is 0 Å². The van der Waals surface area contributed by atoms with Crippen LogP contribution in [0.1, 0.15) is 11.1 Å². The van der Waals surface area contributed by atoms with Crippen LogP contribution in [-0.4, -0.2) is 11.4 Å². The van der Waals surface area contributed by atoms with Gasteiger partial charge in [0.2, 0.25) is 0 Å². The molecule has 0 amide bonds. The maximum atomic E-state index is 13.3. The van der Waals surface area contributed by atoms with Crippen LogP contribution < -0.4 is 0 Å². The van der Waals surface area contributed by atoms with E-state index < -0.39 is 0 Å². The largest absolute Gasteiger partial charge is 0.392 e.